The summed E-state index contributed by atoms with van der Waals surface area (Å²) in [7, 11) is 0. The molecule has 32 heavy (non-hydrogen) atoms. The van der Waals surface area contributed by atoms with Crippen molar-refractivity contribution in [2.75, 3.05) is 11.9 Å². The molecule has 2 aromatic carbocycles. The number of carbonyl (C=O) groups is 2. The molecule has 4 rings (SSSR count). The zero-order valence-electron chi connectivity index (χ0n) is 18.9. The highest BCUT2D eigenvalue weighted by molar-refractivity contribution is 7.17. The van der Waals surface area contributed by atoms with Gasteiger partial charge in [-0.2, -0.15) is 0 Å². The number of anilines is 1. The molecule has 1 unspecified atom stereocenters. The van der Waals surface area contributed by atoms with E-state index in [1.807, 2.05) is 42.5 Å². The minimum atomic E-state index is -0.485. The number of amides is 2. The van der Waals surface area contributed by atoms with Crippen LogP contribution < -0.4 is 15.8 Å². The Balaban J connectivity index is 1.47. The number of thiophene rings is 1. The van der Waals surface area contributed by atoms with Gasteiger partial charge in [0.05, 0.1) is 5.56 Å². The topological polar surface area (TPSA) is 81.4 Å². The third-order valence-electron chi connectivity index (χ3n) is 6.87. The maximum absolute atomic E-state index is 12.6. The van der Waals surface area contributed by atoms with E-state index in [0.29, 0.717) is 22.2 Å². The number of benzene rings is 2. The molecule has 3 aromatic rings. The van der Waals surface area contributed by atoms with Crippen LogP contribution in [0.5, 0.6) is 5.75 Å². The molecule has 3 N–H and O–H groups in total. The van der Waals surface area contributed by atoms with Gasteiger partial charge in [0.25, 0.3) is 11.8 Å². The van der Waals surface area contributed by atoms with E-state index in [9.17, 15) is 9.59 Å². The van der Waals surface area contributed by atoms with Gasteiger partial charge in [-0.05, 0) is 59.1 Å². The fraction of sp³-hybridized carbons (Fsp3) is 0.385. The minimum Gasteiger partial charge on any atom is -0.484 e. The van der Waals surface area contributed by atoms with Gasteiger partial charge in [0.1, 0.15) is 10.8 Å². The molecule has 6 heteroatoms. The van der Waals surface area contributed by atoms with E-state index >= 15 is 0 Å². The van der Waals surface area contributed by atoms with Gasteiger partial charge >= 0.3 is 0 Å². The van der Waals surface area contributed by atoms with E-state index in [4.69, 9.17) is 10.5 Å². The third-order valence-corrected chi connectivity index (χ3v) is 8.04. The number of nitrogens with one attached hydrogen (secondary N) is 1. The van der Waals surface area contributed by atoms with E-state index in [-0.39, 0.29) is 17.9 Å². The molecule has 0 spiro atoms. The summed E-state index contributed by atoms with van der Waals surface area (Å²) in [5.41, 5.74) is 7.43. The highest BCUT2D eigenvalue weighted by Gasteiger charge is 2.35. The quantitative estimate of drug-likeness (QED) is 0.494. The van der Waals surface area contributed by atoms with Crippen LogP contribution in [-0.4, -0.2) is 18.4 Å². The Morgan fingerprint density at radius 3 is 2.66 bits per heavy atom. The highest BCUT2D eigenvalue weighted by Crippen LogP contribution is 2.45. The largest absolute Gasteiger partial charge is 0.484 e. The summed E-state index contributed by atoms with van der Waals surface area (Å²) >= 11 is 1.48. The zero-order chi connectivity index (χ0) is 22.9. The van der Waals surface area contributed by atoms with Crippen molar-refractivity contribution in [2.45, 2.75) is 46.5 Å². The van der Waals surface area contributed by atoms with Crippen molar-refractivity contribution in [1.82, 2.24) is 0 Å². The molecule has 0 saturated heterocycles. The fourth-order valence-corrected chi connectivity index (χ4v) is 5.81. The Morgan fingerprint density at radius 2 is 1.94 bits per heavy atom. The first-order valence-corrected chi connectivity index (χ1v) is 12.0. The molecule has 0 fully saturated rings. The second-order valence-corrected chi connectivity index (χ2v) is 10.3. The predicted molar refractivity (Wildman–Crippen MR) is 130 cm³/mol. The van der Waals surface area contributed by atoms with E-state index in [2.05, 4.69) is 26.1 Å². The van der Waals surface area contributed by atoms with Gasteiger partial charge in [-0.3, -0.25) is 9.59 Å². The molecular formula is C26H30N2O3S. The SMILES string of the molecule is CCC(C)(C)C1CCc2c(sc(NC(=O)COc3ccc4ccccc4c3)c2C(N)=O)C1. The number of nitrogens with two attached hydrogens (primary N) is 1. The van der Waals surface area contributed by atoms with Gasteiger partial charge in [-0.15, -0.1) is 11.3 Å². The lowest BCUT2D eigenvalue weighted by Crippen LogP contribution is -2.29. The van der Waals surface area contributed by atoms with Crippen molar-refractivity contribution >= 4 is 38.9 Å². The van der Waals surface area contributed by atoms with E-state index in [0.717, 1.165) is 42.0 Å². The first kappa shape index (κ1) is 22.3. The molecule has 1 aliphatic carbocycles. The number of hydrogen-bond donors (Lipinski definition) is 2. The summed E-state index contributed by atoms with van der Waals surface area (Å²) < 4.78 is 5.70. The van der Waals surface area contributed by atoms with Crippen LogP contribution in [-0.2, 0) is 17.6 Å². The molecule has 0 aliphatic heterocycles. The molecule has 1 aliphatic rings. The molecule has 0 radical (unpaired) electrons. The third kappa shape index (κ3) is 4.51. The van der Waals surface area contributed by atoms with E-state index in [1.54, 1.807) is 0 Å². The molecule has 1 atom stereocenters. The highest BCUT2D eigenvalue weighted by atomic mass is 32.1. The van der Waals surface area contributed by atoms with Crippen LogP contribution in [0.1, 0.15) is 54.4 Å². The van der Waals surface area contributed by atoms with Crippen LogP contribution in [0.3, 0.4) is 0 Å². The Bertz CT molecular complexity index is 1170. The van der Waals surface area contributed by atoms with Crippen molar-refractivity contribution < 1.29 is 14.3 Å². The monoisotopic (exact) mass is 450 g/mol. The van der Waals surface area contributed by atoms with Crippen molar-refractivity contribution in [3.8, 4) is 5.75 Å². The Hall–Kier alpha value is -2.86. The zero-order valence-corrected chi connectivity index (χ0v) is 19.7. The van der Waals surface area contributed by atoms with Crippen molar-refractivity contribution in [1.29, 1.82) is 0 Å². The first-order chi connectivity index (χ1) is 15.3. The summed E-state index contributed by atoms with van der Waals surface area (Å²) in [4.78, 5) is 26.0. The van der Waals surface area contributed by atoms with Gasteiger partial charge < -0.3 is 15.8 Å². The number of fused-ring (bicyclic) bond motifs is 2. The van der Waals surface area contributed by atoms with Crippen LogP contribution in [0.15, 0.2) is 42.5 Å². The maximum atomic E-state index is 12.6. The summed E-state index contributed by atoms with van der Waals surface area (Å²) in [6, 6.07) is 13.7. The number of hydrogen-bond acceptors (Lipinski definition) is 4. The van der Waals surface area contributed by atoms with Crippen LogP contribution in [0, 0.1) is 11.3 Å². The van der Waals surface area contributed by atoms with Crippen LogP contribution in [0.4, 0.5) is 5.00 Å². The molecule has 168 valence electrons. The minimum absolute atomic E-state index is 0.134. The van der Waals surface area contributed by atoms with Gasteiger partial charge in [0.2, 0.25) is 0 Å². The number of ether oxygens (including phenoxy) is 1. The van der Waals surface area contributed by atoms with Gasteiger partial charge in [0.15, 0.2) is 6.61 Å². The van der Waals surface area contributed by atoms with Crippen molar-refractivity contribution in [2.24, 2.45) is 17.1 Å². The second-order valence-electron chi connectivity index (χ2n) is 9.20. The fourth-order valence-electron chi connectivity index (χ4n) is 4.46. The van der Waals surface area contributed by atoms with Crippen molar-refractivity contribution in [3.63, 3.8) is 0 Å². The molecular weight excluding hydrogens is 420 g/mol. The second kappa shape index (κ2) is 8.94. The lowest BCUT2D eigenvalue weighted by molar-refractivity contribution is -0.118. The molecule has 1 aromatic heterocycles. The summed E-state index contributed by atoms with van der Waals surface area (Å²) in [5.74, 6) is 0.398. The average molecular weight is 451 g/mol. The van der Waals surface area contributed by atoms with E-state index in [1.165, 1.54) is 16.2 Å². The van der Waals surface area contributed by atoms with Crippen molar-refractivity contribution in [3.05, 3.63) is 58.5 Å². The normalized spacial score (nSPS) is 15.9. The molecule has 0 bridgehead atoms. The summed E-state index contributed by atoms with van der Waals surface area (Å²) in [6.07, 6.45) is 3.88. The maximum Gasteiger partial charge on any atom is 0.262 e. The van der Waals surface area contributed by atoms with Gasteiger partial charge in [-0.1, -0.05) is 57.5 Å². The summed E-state index contributed by atoms with van der Waals surface area (Å²) in [6.45, 7) is 6.70. The predicted octanol–water partition coefficient (Wildman–Crippen LogP) is 5.56. The van der Waals surface area contributed by atoms with Crippen LogP contribution >= 0.6 is 11.3 Å². The molecule has 1 heterocycles. The first-order valence-electron chi connectivity index (χ1n) is 11.1. The lowest BCUT2D eigenvalue weighted by atomic mass is 9.69. The smallest absolute Gasteiger partial charge is 0.262 e. The lowest BCUT2D eigenvalue weighted by Gasteiger charge is -2.36. The Labute approximate surface area is 193 Å². The number of primary amides is 1. The van der Waals surface area contributed by atoms with Gasteiger partial charge in [0, 0.05) is 4.88 Å². The number of rotatable bonds is 7. The van der Waals surface area contributed by atoms with E-state index < -0.39 is 5.91 Å². The Kier molecular flexibility index (Phi) is 6.24. The standard InChI is InChI=1S/C26H30N2O3S/c1-4-26(2,3)18-10-12-20-21(14-18)32-25(23(20)24(27)30)28-22(29)15-31-19-11-9-16-7-5-6-8-17(16)13-19/h5-9,11,13,18H,4,10,12,14-15H2,1-3H3,(H2,27,30)(H,28,29). The van der Waals surface area contributed by atoms with Crippen LogP contribution in [0.25, 0.3) is 10.8 Å². The van der Waals surface area contributed by atoms with Crippen LogP contribution in [0.2, 0.25) is 0 Å². The Morgan fingerprint density at radius 1 is 1.19 bits per heavy atom. The average Bonchev–Trinajstić information content (AvgIpc) is 3.14. The van der Waals surface area contributed by atoms with Gasteiger partial charge in [-0.25, -0.2) is 0 Å². The number of carbonyl (C=O) groups excluding carboxylic acids is 2. The summed E-state index contributed by atoms with van der Waals surface area (Å²) in [5, 5.41) is 5.59. The molecule has 2 amide bonds. The molecule has 0 saturated carbocycles. The molecule has 5 nitrogen and oxygen atoms in total.